The van der Waals surface area contributed by atoms with E-state index in [0.717, 1.165) is 36.2 Å². The molecule has 0 atom stereocenters. The molecule has 1 aliphatic rings. The first-order valence-electron chi connectivity index (χ1n) is 11.0. The van der Waals surface area contributed by atoms with Gasteiger partial charge in [0.1, 0.15) is 0 Å². The van der Waals surface area contributed by atoms with Crippen molar-refractivity contribution in [1.29, 1.82) is 0 Å². The van der Waals surface area contributed by atoms with Gasteiger partial charge in [0.25, 0.3) is 0 Å². The van der Waals surface area contributed by atoms with Crippen molar-refractivity contribution in [3.8, 4) is 0 Å². The Kier molecular flexibility index (Phi) is 9.64. The zero-order valence-corrected chi connectivity index (χ0v) is 19.5. The normalized spacial score (nSPS) is 15.1. The van der Waals surface area contributed by atoms with Crippen molar-refractivity contribution in [2.45, 2.75) is 40.0 Å². The molecule has 1 aromatic carbocycles. The van der Waals surface area contributed by atoms with Crippen molar-refractivity contribution >= 4 is 11.8 Å². The van der Waals surface area contributed by atoms with E-state index in [4.69, 9.17) is 0 Å². The van der Waals surface area contributed by atoms with Crippen LogP contribution in [0.3, 0.4) is 0 Å². The molecule has 0 amide bonds. The predicted octanol–water partition coefficient (Wildman–Crippen LogP) is 8.15. The predicted molar refractivity (Wildman–Crippen MR) is 138 cm³/mol. The monoisotopic (exact) mass is 412 g/mol. The van der Waals surface area contributed by atoms with Crippen LogP contribution in [0.5, 0.6) is 0 Å². The number of hydrogen-bond acceptors (Lipinski definition) is 2. The van der Waals surface area contributed by atoms with Gasteiger partial charge in [-0.1, -0.05) is 68.7 Å². The Hall–Kier alpha value is -3.26. The van der Waals surface area contributed by atoms with Gasteiger partial charge in [-0.25, -0.2) is 0 Å². The smallest absolute Gasteiger partial charge is 0.0452 e. The Bertz CT molecular complexity index is 933. The number of allylic oxidation sites excluding steroid dienone is 10. The van der Waals surface area contributed by atoms with Gasteiger partial charge in [0.05, 0.1) is 0 Å². The fourth-order valence-corrected chi connectivity index (χ4v) is 3.61. The van der Waals surface area contributed by atoms with Crippen molar-refractivity contribution in [2.24, 2.45) is 0 Å². The zero-order valence-electron chi connectivity index (χ0n) is 19.5. The summed E-state index contributed by atoms with van der Waals surface area (Å²) < 4.78 is 0. The second-order valence-electron chi connectivity index (χ2n) is 7.30. The van der Waals surface area contributed by atoms with Crippen molar-refractivity contribution in [3.63, 3.8) is 0 Å². The van der Waals surface area contributed by atoms with Crippen LogP contribution in [0, 0.1) is 0 Å². The summed E-state index contributed by atoms with van der Waals surface area (Å²) in [6, 6.07) is 8.63. The second-order valence-corrected chi connectivity index (χ2v) is 7.30. The largest absolute Gasteiger partial charge is 0.345 e. The second kappa shape index (κ2) is 12.4. The van der Waals surface area contributed by atoms with Crippen molar-refractivity contribution in [3.05, 3.63) is 120 Å². The van der Waals surface area contributed by atoms with Gasteiger partial charge in [-0.05, 0) is 75.1 Å². The molecule has 0 unspecified atom stereocenters. The van der Waals surface area contributed by atoms with E-state index in [1.807, 2.05) is 19.1 Å². The Labute approximate surface area is 189 Å². The molecule has 162 valence electrons. The van der Waals surface area contributed by atoms with Crippen LogP contribution in [-0.2, 0) is 0 Å². The molecular weight excluding hydrogens is 376 g/mol. The van der Waals surface area contributed by atoms with E-state index in [9.17, 15) is 0 Å². The topological polar surface area (TPSA) is 6.48 Å². The lowest BCUT2D eigenvalue weighted by atomic mass is 10.1. The minimum absolute atomic E-state index is 0.928. The number of hydrogen-bond donors (Lipinski definition) is 0. The third kappa shape index (κ3) is 6.36. The molecule has 0 heterocycles. The van der Waals surface area contributed by atoms with Gasteiger partial charge in [0.2, 0.25) is 0 Å². The summed E-state index contributed by atoms with van der Waals surface area (Å²) in [6.45, 7) is 14.3. The molecule has 2 heteroatoms. The molecule has 2 nitrogen and oxygen atoms in total. The van der Waals surface area contributed by atoms with Gasteiger partial charge < -0.3 is 9.80 Å². The molecule has 0 spiro atoms. The van der Waals surface area contributed by atoms with E-state index in [1.165, 1.54) is 17.1 Å². The molecule has 0 N–H and O–H groups in total. The number of rotatable bonds is 10. The molecule has 0 bridgehead atoms. The highest BCUT2D eigenvalue weighted by molar-refractivity contribution is 5.60. The zero-order chi connectivity index (χ0) is 22.6. The molecule has 0 radical (unpaired) electrons. The molecule has 0 saturated heterocycles. The maximum atomic E-state index is 4.04. The van der Waals surface area contributed by atoms with Gasteiger partial charge in [-0.2, -0.15) is 0 Å². The summed E-state index contributed by atoms with van der Waals surface area (Å²) in [5.41, 5.74) is 6.89. The molecule has 0 aliphatic heterocycles. The highest BCUT2D eigenvalue weighted by Crippen LogP contribution is 2.25. The van der Waals surface area contributed by atoms with Crippen LogP contribution >= 0.6 is 0 Å². The molecule has 0 aromatic heterocycles. The highest BCUT2D eigenvalue weighted by Gasteiger charge is 2.13. The number of anilines is 1. The number of benzene rings is 1. The number of likely N-dealkylation sites (N-methyl/N-ethyl adjacent to an activating group) is 1. The van der Waals surface area contributed by atoms with E-state index in [1.54, 1.807) is 0 Å². The summed E-state index contributed by atoms with van der Waals surface area (Å²) in [4.78, 5) is 4.43. The SMILES string of the molecule is C=CC(=CC)N(/C(C=C)=C/C=C/c1ccc(N(C)C2=CCCC=C2)cc1)/C(=C/C)CC. The van der Waals surface area contributed by atoms with Crippen molar-refractivity contribution < 1.29 is 0 Å². The van der Waals surface area contributed by atoms with Gasteiger partial charge in [-0.15, -0.1) is 0 Å². The van der Waals surface area contributed by atoms with Crippen LogP contribution in [0.15, 0.2) is 115 Å². The van der Waals surface area contributed by atoms with Gasteiger partial charge >= 0.3 is 0 Å². The van der Waals surface area contributed by atoms with E-state index in [2.05, 4.69) is 117 Å². The highest BCUT2D eigenvalue weighted by atomic mass is 15.2. The third-order valence-corrected chi connectivity index (χ3v) is 5.41. The molecule has 31 heavy (non-hydrogen) atoms. The first-order valence-corrected chi connectivity index (χ1v) is 11.0. The Morgan fingerprint density at radius 2 is 1.71 bits per heavy atom. The molecule has 0 saturated carbocycles. The minimum atomic E-state index is 0.928. The van der Waals surface area contributed by atoms with Gasteiger partial charge in [-0.3, -0.25) is 0 Å². The van der Waals surface area contributed by atoms with Crippen LogP contribution in [0.1, 0.15) is 45.6 Å². The molecule has 0 fully saturated rings. The average Bonchev–Trinajstić information content (AvgIpc) is 2.83. The summed E-state index contributed by atoms with van der Waals surface area (Å²) in [5, 5.41) is 0. The first kappa shape index (κ1) is 24.0. The van der Waals surface area contributed by atoms with Crippen LogP contribution in [0.2, 0.25) is 0 Å². The summed E-state index contributed by atoms with van der Waals surface area (Å²) >= 11 is 0. The molecular formula is C29H36N2. The fraction of sp³-hybridized carbons (Fsp3) is 0.241. The van der Waals surface area contributed by atoms with E-state index < -0.39 is 0 Å². The Morgan fingerprint density at radius 3 is 2.23 bits per heavy atom. The third-order valence-electron chi connectivity index (χ3n) is 5.41. The Morgan fingerprint density at radius 1 is 1.00 bits per heavy atom. The molecule has 2 rings (SSSR count). The summed E-state index contributed by atoms with van der Waals surface area (Å²) in [5.74, 6) is 0. The maximum Gasteiger partial charge on any atom is 0.0452 e. The standard InChI is InChI=1S/C29H36N2/c1-7-25(8-2)31(26(9-3)10-4)27(11-5)19-15-16-24-20-22-29(23-21-24)30(6)28-17-13-12-14-18-28/h7-9,11,13,15-23H,1,5,10,12,14H2,2-4,6H3/b16-15+,25-8?,26-9+,27-19+. The first-order chi connectivity index (χ1) is 15.1. The lowest BCUT2D eigenvalue weighted by Gasteiger charge is -2.29. The summed E-state index contributed by atoms with van der Waals surface area (Å²) in [6.07, 6.45) is 24.2. The average molecular weight is 413 g/mol. The van der Waals surface area contributed by atoms with Crippen LogP contribution in [-0.4, -0.2) is 11.9 Å². The van der Waals surface area contributed by atoms with Gasteiger partial charge in [0.15, 0.2) is 0 Å². The van der Waals surface area contributed by atoms with Crippen LogP contribution in [0.25, 0.3) is 6.08 Å². The molecule has 1 aromatic rings. The minimum Gasteiger partial charge on any atom is -0.345 e. The van der Waals surface area contributed by atoms with E-state index in [-0.39, 0.29) is 0 Å². The lowest BCUT2D eigenvalue weighted by molar-refractivity contribution is 0.537. The maximum absolute atomic E-state index is 4.04. The quantitative estimate of drug-likeness (QED) is 0.358. The summed E-state index contributed by atoms with van der Waals surface area (Å²) in [7, 11) is 2.12. The van der Waals surface area contributed by atoms with Crippen molar-refractivity contribution in [1.82, 2.24) is 4.90 Å². The van der Waals surface area contributed by atoms with Crippen LogP contribution < -0.4 is 4.90 Å². The van der Waals surface area contributed by atoms with Crippen molar-refractivity contribution in [2.75, 3.05) is 11.9 Å². The fourth-order valence-electron chi connectivity index (χ4n) is 3.61. The van der Waals surface area contributed by atoms with E-state index in [0.29, 0.717) is 0 Å². The number of nitrogens with zero attached hydrogens (tertiary/aromatic N) is 2. The lowest BCUT2D eigenvalue weighted by Crippen LogP contribution is -2.19. The van der Waals surface area contributed by atoms with Crippen LogP contribution in [0.4, 0.5) is 5.69 Å². The Balaban J connectivity index is 2.22. The van der Waals surface area contributed by atoms with E-state index >= 15 is 0 Å². The van der Waals surface area contributed by atoms with Gasteiger partial charge in [0, 0.05) is 35.5 Å². The molecule has 1 aliphatic carbocycles.